The first-order chi connectivity index (χ1) is 7.49. The minimum absolute atomic E-state index is 0.0169. The summed E-state index contributed by atoms with van der Waals surface area (Å²) in [6, 6.07) is 4.04. The fourth-order valence-electron chi connectivity index (χ4n) is 1.36. The van der Waals surface area contributed by atoms with Crippen LogP contribution in [0.3, 0.4) is 0 Å². The largest absolute Gasteiger partial charge is 0.310 e. The van der Waals surface area contributed by atoms with E-state index in [9.17, 15) is 8.42 Å². The van der Waals surface area contributed by atoms with E-state index in [2.05, 4.69) is 10.3 Å². The summed E-state index contributed by atoms with van der Waals surface area (Å²) < 4.78 is 21.4. The highest BCUT2D eigenvalue weighted by Gasteiger charge is 2.05. The quantitative estimate of drug-likeness (QED) is 0.709. The summed E-state index contributed by atoms with van der Waals surface area (Å²) >= 11 is 0. The molecule has 1 aromatic heterocycles. The highest BCUT2D eigenvalue weighted by molar-refractivity contribution is 7.89. The topological polar surface area (TPSA) is 85.1 Å². The van der Waals surface area contributed by atoms with Gasteiger partial charge in [-0.15, -0.1) is 0 Å². The lowest BCUT2D eigenvalue weighted by Crippen LogP contribution is -2.24. The average Bonchev–Trinajstić information content (AvgIpc) is 2.24. The van der Waals surface area contributed by atoms with Gasteiger partial charge in [-0.2, -0.15) is 0 Å². The summed E-state index contributed by atoms with van der Waals surface area (Å²) in [6.45, 7) is 2.65. The molecule has 0 aromatic carbocycles. The van der Waals surface area contributed by atoms with Gasteiger partial charge in [0.2, 0.25) is 10.0 Å². The number of pyridine rings is 1. The lowest BCUT2D eigenvalue weighted by Gasteiger charge is -2.13. The first kappa shape index (κ1) is 13.1. The molecule has 6 heteroatoms. The summed E-state index contributed by atoms with van der Waals surface area (Å²) in [7, 11) is -3.34. The fourth-order valence-corrected chi connectivity index (χ4v) is 1.91. The molecular formula is C10H17N3O2S. The zero-order valence-electron chi connectivity index (χ0n) is 9.26. The summed E-state index contributed by atoms with van der Waals surface area (Å²) in [5, 5.41) is 8.12. The van der Waals surface area contributed by atoms with Crippen molar-refractivity contribution >= 4 is 10.0 Å². The van der Waals surface area contributed by atoms with Crippen LogP contribution in [0.4, 0.5) is 0 Å². The molecule has 0 spiro atoms. The molecule has 1 rings (SSSR count). The molecule has 16 heavy (non-hydrogen) atoms. The van der Waals surface area contributed by atoms with Crippen LogP contribution in [0.1, 0.15) is 24.9 Å². The Morgan fingerprint density at radius 1 is 1.44 bits per heavy atom. The Labute approximate surface area is 96.1 Å². The molecular weight excluding hydrogens is 226 g/mol. The van der Waals surface area contributed by atoms with Crippen LogP contribution in [0, 0.1) is 0 Å². The second-order valence-electron chi connectivity index (χ2n) is 3.68. The van der Waals surface area contributed by atoms with E-state index in [4.69, 9.17) is 5.14 Å². The summed E-state index contributed by atoms with van der Waals surface area (Å²) in [5.74, 6) is 0.0169. The second kappa shape index (κ2) is 5.93. The second-order valence-corrected chi connectivity index (χ2v) is 5.41. The molecule has 0 fully saturated rings. The van der Waals surface area contributed by atoms with Gasteiger partial charge < -0.3 is 5.32 Å². The lowest BCUT2D eigenvalue weighted by molar-refractivity contribution is 0.560. The van der Waals surface area contributed by atoms with Crippen molar-refractivity contribution in [1.82, 2.24) is 10.3 Å². The van der Waals surface area contributed by atoms with Crippen molar-refractivity contribution in [1.29, 1.82) is 0 Å². The minimum atomic E-state index is -3.34. The van der Waals surface area contributed by atoms with Crippen molar-refractivity contribution in [3.8, 4) is 0 Å². The normalized spacial score (nSPS) is 13.6. The van der Waals surface area contributed by atoms with Gasteiger partial charge in [0, 0.05) is 18.4 Å². The standard InChI is InChI=1S/C10H17N3O2S/c1-9(10-3-6-12-7-4-10)13-5-2-8-16(11,14)15/h3-4,6-7,9,13H,2,5,8H2,1H3,(H2,11,14,15). The Bertz CT molecular complexity index is 405. The van der Waals surface area contributed by atoms with Crippen molar-refractivity contribution in [3.05, 3.63) is 30.1 Å². The number of hydrogen-bond donors (Lipinski definition) is 2. The molecule has 0 aliphatic heterocycles. The zero-order valence-corrected chi connectivity index (χ0v) is 10.1. The molecule has 0 aliphatic carbocycles. The van der Waals surface area contributed by atoms with Crippen molar-refractivity contribution in [2.75, 3.05) is 12.3 Å². The molecule has 0 radical (unpaired) electrons. The van der Waals surface area contributed by atoms with Gasteiger partial charge in [0.05, 0.1) is 5.75 Å². The van der Waals surface area contributed by atoms with Gasteiger partial charge in [0.15, 0.2) is 0 Å². The Morgan fingerprint density at radius 3 is 2.62 bits per heavy atom. The third-order valence-corrected chi connectivity index (χ3v) is 3.12. The van der Waals surface area contributed by atoms with Crippen molar-refractivity contribution in [2.45, 2.75) is 19.4 Å². The maximum Gasteiger partial charge on any atom is 0.209 e. The smallest absolute Gasteiger partial charge is 0.209 e. The van der Waals surface area contributed by atoms with Crippen molar-refractivity contribution < 1.29 is 8.42 Å². The molecule has 1 aromatic rings. The molecule has 1 heterocycles. The number of nitrogens with zero attached hydrogens (tertiary/aromatic N) is 1. The molecule has 0 bridgehead atoms. The molecule has 0 amide bonds. The molecule has 3 N–H and O–H groups in total. The number of nitrogens with one attached hydrogen (secondary N) is 1. The van der Waals surface area contributed by atoms with E-state index >= 15 is 0 Å². The molecule has 5 nitrogen and oxygen atoms in total. The maximum absolute atomic E-state index is 10.7. The molecule has 0 saturated heterocycles. The third-order valence-electron chi connectivity index (χ3n) is 2.26. The first-order valence-electron chi connectivity index (χ1n) is 5.13. The van der Waals surface area contributed by atoms with Crippen LogP contribution in [0.15, 0.2) is 24.5 Å². The van der Waals surface area contributed by atoms with Gasteiger partial charge in [-0.1, -0.05) is 0 Å². The molecule has 0 aliphatic rings. The molecule has 90 valence electrons. The highest BCUT2D eigenvalue weighted by atomic mass is 32.2. The number of hydrogen-bond acceptors (Lipinski definition) is 4. The van der Waals surface area contributed by atoms with Crippen molar-refractivity contribution in [2.24, 2.45) is 5.14 Å². The van der Waals surface area contributed by atoms with Gasteiger partial charge in [-0.25, -0.2) is 13.6 Å². The predicted molar refractivity (Wildman–Crippen MR) is 63.2 cm³/mol. The van der Waals surface area contributed by atoms with Gasteiger partial charge >= 0.3 is 0 Å². The highest BCUT2D eigenvalue weighted by Crippen LogP contribution is 2.09. The van der Waals surface area contributed by atoms with Crippen LogP contribution < -0.4 is 10.5 Å². The lowest BCUT2D eigenvalue weighted by atomic mass is 10.1. The van der Waals surface area contributed by atoms with Gasteiger partial charge in [-0.05, 0) is 37.6 Å². The fraction of sp³-hybridized carbons (Fsp3) is 0.500. The van der Waals surface area contributed by atoms with E-state index in [1.165, 1.54) is 0 Å². The monoisotopic (exact) mass is 243 g/mol. The van der Waals surface area contributed by atoms with Gasteiger partial charge in [0.25, 0.3) is 0 Å². The van der Waals surface area contributed by atoms with Gasteiger partial charge in [0.1, 0.15) is 0 Å². The molecule has 1 atom stereocenters. The van der Waals surface area contributed by atoms with Crippen LogP contribution in [-0.4, -0.2) is 25.7 Å². The van der Waals surface area contributed by atoms with Crippen LogP contribution in [0.25, 0.3) is 0 Å². The number of sulfonamides is 1. The molecule has 1 unspecified atom stereocenters. The van der Waals surface area contributed by atoms with Crippen LogP contribution in [0.2, 0.25) is 0 Å². The zero-order chi connectivity index (χ0) is 12.0. The predicted octanol–water partition coefficient (Wildman–Crippen LogP) is 0.411. The van der Waals surface area contributed by atoms with Crippen molar-refractivity contribution in [3.63, 3.8) is 0 Å². The number of nitrogens with two attached hydrogens (primary N) is 1. The maximum atomic E-state index is 10.7. The minimum Gasteiger partial charge on any atom is -0.310 e. The first-order valence-corrected chi connectivity index (χ1v) is 6.84. The number of aromatic nitrogens is 1. The molecule has 0 saturated carbocycles. The summed E-state index contributed by atoms with van der Waals surface area (Å²) in [6.07, 6.45) is 3.99. The van der Waals surface area contributed by atoms with E-state index in [1.807, 2.05) is 19.1 Å². The Kier molecular flexibility index (Phi) is 4.85. The average molecular weight is 243 g/mol. The van der Waals surface area contributed by atoms with Gasteiger partial charge in [-0.3, -0.25) is 4.98 Å². The van der Waals surface area contributed by atoms with E-state index in [0.29, 0.717) is 13.0 Å². The Morgan fingerprint density at radius 2 is 2.06 bits per heavy atom. The van der Waals surface area contributed by atoms with E-state index < -0.39 is 10.0 Å². The van der Waals surface area contributed by atoms with E-state index in [-0.39, 0.29) is 11.8 Å². The van der Waals surface area contributed by atoms with Crippen LogP contribution in [-0.2, 0) is 10.0 Å². The van der Waals surface area contributed by atoms with Crippen LogP contribution in [0.5, 0.6) is 0 Å². The number of primary sulfonamides is 1. The third kappa shape index (κ3) is 5.20. The Balaban J connectivity index is 2.29. The SMILES string of the molecule is CC(NCCCS(N)(=O)=O)c1ccncc1. The Hall–Kier alpha value is -0.980. The summed E-state index contributed by atoms with van der Waals surface area (Å²) in [4.78, 5) is 3.93. The van der Waals surface area contributed by atoms with E-state index in [1.54, 1.807) is 12.4 Å². The summed E-state index contributed by atoms with van der Waals surface area (Å²) in [5.41, 5.74) is 1.13. The number of rotatable bonds is 6. The van der Waals surface area contributed by atoms with E-state index in [0.717, 1.165) is 5.56 Å². The van der Waals surface area contributed by atoms with Crippen LogP contribution >= 0.6 is 0 Å².